The maximum atomic E-state index is 5.14. The van der Waals surface area contributed by atoms with Gasteiger partial charge in [-0.3, -0.25) is 0 Å². The number of fused-ring (bicyclic) bond motifs is 20. The van der Waals surface area contributed by atoms with Crippen LogP contribution in [-0.2, 0) is 0 Å². The summed E-state index contributed by atoms with van der Waals surface area (Å²) in [7, 11) is 0. The van der Waals surface area contributed by atoms with Crippen LogP contribution in [0.1, 0.15) is 0 Å². The largest absolute Gasteiger partial charge is 0.309 e. The van der Waals surface area contributed by atoms with E-state index in [1.807, 2.05) is 0 Å². The van der Waals surface area contributed by atoms with Crippen molar-refractivity contribution in [3.63, 3.8) is 0 Å². The number of nitrogens with zero attached hydrogens (tertiary/aromatic N) is 4. The molecule has 232 valence electrons. The van der Waals surface area contributed by atoms with Crippen molar-refractivity contribution in [2.24, 2.45) is 0 Å². The molecule has 0 aliphatic carbocycles. The van der Waals surface area contributed by atoms with Crippen molar-refractivity contribution in [1.82, 2.24) is 19.5 Å². The summed E-state index contributed by atoms with van der Waals surface area (Å²) in [6.45, 7) is 0. The van der Waals surface area contributed by atoms with E-state index in [1.54, 1.807) is 11.3 Å². The summed E-state index contributed by atoms with van der Waals surface area (Å²) in [6, 6.07) is 56.6. The van der Waals surface area contributed by atoms with Gasteiger partial charge in [0.25, 0.3) is 0 Å². The van der Waals surface area contributed by atoms with Crippen LogP contribution in [0, 0.1) is 0 Å². The predicted molar refractivity (Wildman–Crippen MR) is 208 cm³/mol. The van der Waals surface area contributed by atoms with E-state index in [1.165, 1.54) is 42.0 Å². The Morgan fingerprint density at radius 3 is 1.62 bits per heavy atom. The second-order valence-corrected chi connectivity index (χ2v) is 14.0. The highest BCUT2D eigenvalue weighted by Gasteiger charge is 2.18. The van der Waals surface area contributed by atoms with Crippen LogP contribution in [-0.4, -0.2) is 19.5 Å². The lowest BCUT2D eigenvalue weighted by Gasteiger charge is -2.13. The van der Waals surface area contributed by atoms with E-state index >= 15 is 0 Å². The number of rotatable bonds is 1. The quantitative estimate of drug-likeness (QED) is 0.177. The van der Waals surface area contributed by atoms with Crippen LogP contribution in [0.2, 0.25) is 0 Å². The molecule has 50 heavy (non-hydrogen) atoms. The van der Waals surface area contributed by atoms with Gasteiger partial charge >= 0.3 is 0 Å². The van der Waals surface area contributed by atoms with Crippen molar-refractivity contribution in [2.75, 3.05) is 0 Å². The summed E-state index contributed by atoms with van der Waals surface area (Å²) in [6.07, 6.45) is 0. The number of aromatic nitrogens is 4. The molecular formula is C45H26N4S. The van der Waals surface area contributed by atoms with Gasteiger partial charge in [-0.2, -0.15) is 0 Å². The molecule has 0 atom stereocenters. The van der Waals surface area contributed by atoms with Gasteiger partial charge in [0.05, 0.1) is 11.0 Å². The van der Waals surface area contributed by atoms with Crippen molar-refractivity contribution in [3.05, 3.63) is 158 Å². The molecule has 0 saturated heterocycles. The van der Waals surface area contributed by atoms with Crippen LogP contribution < -0.4 is 0 Å². The first-order chi connectivity index (χ1) is 24.7. The zero-order chi connectivity index (χ0) is 32.8. The SMILES string of the molecule is c1cc2cc(c1)-c1nc(nc(-c3ccc4c(c3)sc3ccccc34)n1)-c1cccc(c1)-c1ccc3c4ccccc4n(c3c1)-c1cccc-2c1. The molecule has 0 radical (unpaired) electrons. The van der Waals surface area contributed by atoms with E-state index in [4.69, 9.17) is 15.0 Å². The Morgan fingerprint density at radius 2 is 0.860 bits per heavy atom. The maximum absolute atomic E-state index is 5.14. The number of benzene rings is 7. The van der Waals surface area contributed by atoms with Crippen molar-refractivity contribution in [2.45, 2.75) is 0 Å². The van der Waals surface area contributed by atoms with Crippen molar-refractivity contribution in [1.29, 1.82) is 0 Å². The van der Waals surface area contributed by atoms with Crippen molar-refractivity contribution >= 4 is 53.3 Å². The van der Waals surface area contributed by atoms with Crippen LogP contribution in [0.15, 0.2) is 158 Å². The van der Waals surface area contributed by atoms with Gasteiger partial charge < -0.3 is 4.57 Å². The average molecular weight is 655 g/mol. The fraction of sp³-hybridized carbons (Fsp3) is 0. The minimum atomic E-state index is 0.650. The van der Waals surface area contributed by atoms with Gasteiger partial charge in [-0.25, -0.2) is 15.0 Å². The second-order valence-electron chi connectivity index (χ2n) is 12.9. The molecule has 11 rings (SSSR count). The molecule has 10 aromatic rings. The average Bonchev–Trinajstić information content (AvgIpc) is 3.72. The lowest BCUT2D eigenvalue weighted by molar-refractivity contribution is 1.07. The van der Waals surface area contributed by atoms with Crippen LogP contribution in [0.5, 0.6) is 0 Å². The topological polar surface area (TPSA) is 43.6 Å². The summed E-state index contributed by atoms with van der Waals surface area (Å²) < 4.78 is 4.89. The molecule has 3 aromatic heterocycles. The molecule has 0 saturated carbocycles. The second kappa shape index (κ2) is 10.5. The Hall–Kier alpha value is -6.43. The fourth-order valence-corrected chi connectivity index (χ4v) is 8.70. The van der Waals surface area contributed by atoms with E-state index in [0.29, 0.717) is 17.5 Å². The van der Waals surface area contributed by atoms with E-state index < -0.39 is 0 Å². The smallest absolute Gasteiger partial charge is 0.164 e. The summed E-state index contributed by atoms with van der Waals surface area (Å²) in [5, 5.41) is 5.01. The number of hydrogen-bond acceptors (Lipinski definition) is 4. The minimum absolute atomic E-state index is 0.650. The summed E-state index contributed by atoms with van der Waals surface area (Å²) in [5.74, 6) is 1.96. The van der Waals surface area contributed by atoms with Gasteiger partial charge in [-0.1, -0.05) is 109 Å². The Morgan fingerprint density at radius 1 is 0.340 bits per heavy atom. The van der Waals surface area contributed by atoms with Crippen molar-refractivity contribution < 1.29 is 0 Å². The first kappa shape index (κ1) is 27.5. The molecule has 10 bridgehead atoms. The molecule has 1 aliphatic rings. The maximum Gasteiger partial charge on any atom is 0.164 e. The van der Waals surface area contributed by atoms with E-state index in [2.05, 4.69) is 162 Å². The molecule has 0 spiro atoms. The highest BCUT2D eigenvalue weighted by atomic mass is 32.1. The molecule has 7 aromatic carbocycles. The standard InChI is InChI=1S/C45H26N4S/c1-3-16-39-35(14-1)36-20-18-30-25-40(36)49(39)34-13-7-10-29(24-34)27-8-5-11-31(22-27)43-46-44(32-12-6-9-28(30)23-32)48-45(47-43)33-19-21-38-37-15-2-4-17-41(37)50-42(38)26-33/h1-26H. The first-order valence-electron chi connectivity index (χ1n) is 16.8. The number of hydrogen-bond donors (Lipinski definition) is 0. The number of para-hydroxylation sites is 1. The Kier molecular flexibility index (Phi) is 5.80. The molecule has 5 heteroatoms. The van der Waals surface area contributed by atoms with E-state index in [-0.39, 0.29) is 0 Å². The molecule has 4 heterocycles. The van der Waals surface area contributed by atoms with Crippen LogP contribution in [0.4, 0.5) is 0 Å². The highest BCUT2D eigenvalue weighted by molar-refractivity contribution is 7.25. The molecule has 0 unspecified atom stereocenters. The van der Waals surface area contributed by atoms with Gasteiger partial charge in [0.1, 0.15) is 0 Å². The first-order valence-corrected chi connectivity index (χ1v) is 17.6. The molecule has 1 aliphatic heterocycles. The van der Waals surface area contributed by atoms with Gasteiger partial charge in [-0.05, 0) is 70.8 Å². The molecule has 0 fully saturated rings. The summed E-state index contributed by atoms with van der Waals surface area (Å²) >= 11 is 1.80. The molecule has 0 N–H and O–H groups in total. The lowest BCUT2D eigenvalue weighted by atomic mass is 10.00. The minimum Gasteiger partial charge on any atom is -0.309 e. The summed E-state index contributed by atoms with van der Waals surface area (Å²) in [4.78, 5) is 15.4. The van der Waals surface area contributed by atoms with Gasteiger partial charge in [0.15, 0.2) is 17.5 Å². The lowest BCUT2D eigenvalue weighted by Crippen LogP contribution is -2.00. The predicted octanol–water partition coefficient (Wildman–Crippen LogP) is 12.0. The molecular weight excluding hydrogens is 629 g/mol. The third-order valence-electron chi connectivity index (χ3n) is 9.96. The normalized spacial score (nSPS) is 12.0. The van der Waals surface area contributed by atoms with E-state index in [9.17, 15) is 0 Å². The highest BCUT2D eigenvalue weighted by Crippen LogP contribution is 2.39. The number of thiophene rings is 1. The Labute approximate surface area is 291 Å². The van der Waals surface area contributed by atoms with Crippen LogP contribution in [0.25, 0.3) is 104 Å². The Balaban J connectivity index is 1.19. The van der Waals surface area contributed by atoms with E-state index in [0.717, 1.165) is 44.6 Å². The third kappa shape index (κ3) is 4.20. The van der Waals surface area contributed by atoms with Gasteiger partial charge in [0.2, 0.25) is 0 Å². The van der Waals surface area contributed by atoms with Crippen molar-refractivity contribution in [3.8, 4) is 62.1 Å². The van der Waals surface area contributed by atoms with Crippen LogP contribution in [0.3, 0.4) is 0 Å². The van der Waals surface area contributed by atoms with Gasteiger partial charge in [-0.15, -0.1) is 11.3 Å². The molecule has 4 nitrogen and oxygen atoms in total. The Bertz CT molecular complexity index is 3000. The fourth-order valence-electron chi connectivity index (χ4n) is 7.56. The zero-order valence-corrected chi connectivity index (χ0v) is 27.5. The zero-order valence-electron chi connectivity index (χ0n) is 26.7. The van der Waals surface area contributed by atoms with Gasteiger partial charge in [0, 0.05) is 53.3 Å². The molecule has 0 amide bonds. The monoisotopic (exact) mass is 654 g/mol. The summed E-state index contributed by atoms with van der Waals surface area (Å²) in [5.41, 5.74) is 10.8. The van der Waals surface area contributed by atoms with Crippen LogP contribution >= 0.6 is 11.3 Å². The third-order valence-corrected chi connectivity index (χ3v) is 11.1.